The van der Waals surface area contributed by atoms with Crippen LogP contribution in [0.3, 0.4) is 0 Å². The smallest absolute Gasteiger partial charge is 0.0543 e. The Bertz CT molecular complexity index is 423. The molecule has 0 amide bonds. The number of allylic oxidation sites excluding steroid dienone is 1. The number of aliphatic hydroxyl groups excluding tert-OH is 1. The van der Waals surface area contributed by atoms with Crippen LogP contribution >= 0.6 is 0 Å². The number of aliphatic hydroxyl groups is 1. The quantitative estimate of drug-likeness (QED) is 0.280. The first-order valence-corrected chi connectivity index (χ1v) is 11.2. The normalized spacial score (nSPS) is 12.7. The Kier molecular flexibility index (Phi) is 15.3. The Labute approximate surface area is 162 Å². The fourth-order valence-corrected chi connectivity index (χ4v) is 3.44. The van der Waals surface area contributed by atoms with E-state index in [0.717, 1.165) is 19.3 Å². The molecule has 0 saturated carbocycles. The zero-order chi connectivity index (χ0) is 18.7. The summed E-state index contributed by atoms with van der Waals surface area (Å²) >= 11 is 0. The van der Waals surface area contributed by atoms with Crippen molar-refractivity contribution in [1.82, 2.24) is 0 Å². The highest BCUT2D eigenvalue weighted by molar-refractivity contribution is 5.48. The summed E-state index contributed by atoms with van der Waals surface area (Å²) in [6, 6.07) is 10.4. The minimum atomic E-state index is -0.126. The largest absolute Gasteiger partial charge is 0.393 e. The van der Waals surface area contributed by atoms with Gasteiger partial charge in [0.15, 0.2) is 0 Å². The average molecular weight is 359 g/mol. The third-order valence-corrected chi connectivity index (χ3v) is 5.17. The lowest BCUT2D eigenvalue weighted by atomic mass is 10.0. The van der Waals surface area contributed by atoms with Gasteiger partial charge in [-0.25, -0.2) is 0 Å². The minimum Gasteiger partial charge on any atom is -0.393 e. The van der Waals surface area contributed by atoms with E-state index in [1.165, 1.54) is 82.6 Å². The molecule has 148 valence electrons. The second-order valence-corrected chi connectivity index (χ2v) is 7.72. The molecule has 1 heteroatoms. The SMILES string of the molecule is CCCCCCCCCCCCCCC(O)CC/C=C/c1ccccc1. The maximum absolute atomic E-state index is 10.1. The van der Waals surface area contributed by atoms with Gasteiger partial charge < -0.3 is 5.11 Å². The van der Waals surface area contributed by atoms with Crippen LogP contribution in [0.2, 0.25) is 0 Å². The van der Waals surface area contributed by atoms with Crippen LogP contribution in [-0.4, -0.2) is 11.2 Å². The van der Waals surface area contributed by atoms with E-state index in [4.69, 9.17) is 0 Å². The standard InChI is InChI=1S/C25H42O/c1-2-3-4-5-6-7-8-9-10-11-12-16-22-25(26)23-18-17-21-24-19-14-13-15-20-24/h13-15,17,19-21,25-26H,2-12,16,18,22-23H2,1H3/b21-17+. The van der Waals surface area contributed by atoms with Crippen LogP contribution in [0.25, 0.3) is 6.08 Å². The molecule has 0 aliphatic heterocycles. The van der Waals surface area contributed by atoms with Crippen molar-refractivity contribution >= 4 is 6.08 Å². The summed E-state index contributed by atoms with van der Waals surface area (Å²) in [7, 11) is 0. The summed E-state index contributed by atoms with van der Waals surface area (Å²) in [4.78, 5) is 0. The van der Waals surface area contributed by atoms with E-state index in [2.05, 4.69) is 43.3 Å². The Balaban J connectivity index is 1.83. The van der Waals surface area contributed by atoms with Crippen LogP contribution in [0.4, 0.5) is 0 Å². The highest BCUT2D eigenvalue weighted by Crippen LogP contribution is 2.14. The van der Waals surface area contributed by atoms with Crippen LogP contribution < -0.4 is 0 Å². The fourth-order valence-electron chi connectivity index (χ4n) is 3.44. The predicted molar refractivity (Wildman–Crippen MR) is 116 cm³/mol. The van der Waals surface area contributed by atoms with E-state index >= 15 is 0 Å². The number of hydrogen-bond donors (Lipinski definition) is 1. The lowest BCUT2D eigenvalue weighted by molar-refractivity contribution is 0.152. The molecule has 0 fully saturated rings. The second-order valence-electron chi connectivity index (χ2n) is 7.72. The van der Waals surface area contributed by atoms with Crippen LogP contribution in [0.15, 0.2) is 36.4 Å². The highest BCUT2D eigenvalue weighted by Gasteiger charge is 2.02. The van der Waals surface area contributed by atoms with Gasteiger partial charge in [-0.15, -0.1) is 0 Å². The van der Waals surface area contributed by atoms with Crippen LogP contribution in [0.5, 0.6) is 0 Å². The van der Waals surface area contributed by atoms with Gasteiger partial charge in [-0.3, -0.25) is 0 Å². The summed E-state index contributed by atoms with van der Waals surface area (Å²) in [5.74, 6) is 0. The molecule has 1 aromatic rings. The summed E-state index contributed by atoms with van der Waals surface area (Å²) in [5.41, 5.74) is 1.24. The number of rotatable bonds is 17. The minimum absolute atomic E-state index is 0.126. The van der Waals surface area contributed by atoms with E-state index in [9.17, 15) is 5.11 Å². The number of benzene rings is 1. The molecule has 1 nitrogen and oxygen atoms in total. The Morgan fingerprint density at radius 1 is 0.731 bits per heavy atom. The summed E-state index contributed by atoms with van der Waals surface area (Å²) in [6.45, 7) is 2.28. The van der Waals surface area contributed by atoms with Gasteiger partial charge >= 0.3 is 0 Å². The van der Waals surface area contributed by atoms with Gasteiger partial charge in [0.2, 0.25) is 0 Å². The molecule has 1 rings (SSSR count). The van der Waals surface area contributed by atoms with Gasteiger partial charge in [-0.2, -0.15) is 0 Å². The molecule has 26 heavy (non-hydrogen) atoms. The third-order valence-electron chi connectivity index (χ3n) is 5.17. The fraction of sp³-hybridized carbons (Fsp3) is 0.680. The Morgan fingerprint density at radius 3 is 1.85 bits per heavy atom. The predicted octanol–water partition coefficient (Wildman–Crippen LogP) is 7.93. The summed E-state index contributed by atoms with van der Waals surface area (Å²) < 4.78 is 0. The summed E-state index contributed by atoms with van der Waals surface area (Å²) in [6.07, 6.45) is 23.5. The molecular weight excluding hydrogens is 316 g/mol. The zero-order valence-electron chi connectivity index (χ0n) is 17.2. The van der Waals surface area contributed by atoms with Crippen molar-refractivity contribution < 1.29 is 5.11 Å². The first kappa shape index (κ1) is 23.0. The molecule has 0 bridgehead atoms. The van der Waals surface area contributed by atoms with E-state index in [0.29, 0.717) is 0 Å². The molecule has 1 N–H and O–H groups in total. The maximum atomic E-state index is 10.1. The molecule has 1 unspecified atom stereocenters. The third kappa shape index (κ3) is 14.1. The molecule has 0 spiro atoms. The molecule has 0 aliphatic carbocycles. The van der Waals surface area contributed by atoms with Crippen molar-refractivity contribution in [2.24, 2.45) is 0 Å². The van der Waals surface area contributed by atoms with E-state index in [1.807, 2.05) is 6.07 Å². The van der Waals surface area contributed by atoms with Gasteiger partial charge in [0, 0.05) is 0 Å². The molecule has 0 aliphatic rings. The Hall–Kier alpha value is -1.08. The lowest BCUT2D eigenvalue weighted by Gasteiger charge is -2.08. The van der Waals surface area contributed by atoms with E-state index in [1.54, 1.807) is 0 Å². The molecular formula is C25H42O. The molecule has 0 aromatic heterocycles. The van der Waals surface area contributed by atoms with E-state index in [-0.39, 0.29) is 6.10 Å². The molecule has 1 atom stereocenters. The number of unbranched alkanes of at least 4 members (excludes halogenated alkanes) is 11. The topological polar surface area (TPSA) is 20.2 Å². The van der Waals surface area contributed by atoms with Crippen LogP contribution in [0.1, 0.15) is 109 Å². The van der Waals surface area contributed by atoms with E-state index < -0.39 is 0 Å². The average Bonchev–Trinajstić information content (AvgIpc) is 2.67. The monoisotopic (exact) mass is 358 g/mol. The summed E-state index contributed by atoms with van der Waals surface area (Å²) in [5, 5.41) is 10.1. The van der Waals surface area contributed by atoms with Crippen molar-refractivity contribution in [1.29, 1.82) is 0 Å². The highest BCUT2D eigenvalue weighted by atomic mass is 16.3. The maximum Gasteiger partial charge on any atom is 0.0543 e. The molecule has 0 heterocycles. The second kappa shape index (κ2) is 17.3. The first-order valence-electron chi connectivity index (χ1n) is 11.2. The zero-order valence-corrected chi connectivity index (χ0v) is 17.2. The van der Waals surface area contributed by atoms with Gasteiger partial charge in [0.1, 0.15) is 0 Å². The Morgan fingerprint density at radius 2 is 1.27 bits per heavy atom. The van der Waals surface area contributed by atoms with Crippen LogP contribution in [-0.2, 0) is 0 Å². The van der Waals surface area contributed by atoms with Crippen molar-refractivity contribution in [2.75, 3.05) is 0 Å². The van der Waals surface area contributed by atoms with Crippen molar-refractivity contribution in [2.45, 2.75) is 109 Å². The van der Waals surface area contributed by atoms with Gasteiger partial charge in [-0.1, -0.05) is 126 Å². The van der Waals surface area contributed by atoms with Crippen molar-refractivity contribution in [3.05, 3.63) is 42.0 Å². The van der Waals surface area contributed by atoms with Gasteiger partial charge in [0.25, 0.3) is 0 Å². The molecule has 1 aromatic carbocycles. The first-order chi connectivity index (χ1) is 12.8. The van der Waals surface area contributed by atoms with Crippen molar-refractivity contribution in [3.63, 3.8) is 0 Å². The molecule has 0 saturated heterocycles. The van der Waals surface area contributed by atoms with Crippen molar-refractivity contribution in [3.8, 4) is 0 Å². The lowest BCUT2D eigenvalue weighted by Crippen LogP contribution is -2.05. The van der Waals surface area contributed by atoms with Crippen LogP contribution in [0, 0.1) is 0 Å². The van der Waals surface area contributed by atoms with Gasteiger partial charge in [-0.05, 0) is 24.8 Å². The number of hydrogen-bond acceptors (Lipinski definition) is 1. The van der Waals surface area contributed by atoms with Gasteiger partial charge in [0.05, 0.1) is 6.10 Å². The molecule has 0 radical (unpaired) electrons.